The smallest absolute Gasteiger partial charge is 0.340 e. The summed E-state index contributed by atoms with van der Waals surface area (Å²) >= 11 is 0. The average molecular weight is 1240 g/mol. The largest absolute Gasteiger partial charge is 0.464 e. The molecule has 0 spiro atoms. The van der Waals surface area contributed by atoms with E-state index in [1.54, 1.807) is 39.7 Å². The molecule has 0 bridgehead atoms. The van der Waals surface area contributed by atoms with Crippen LogP contribution in [0.2, 0.25) is 0 Å². The first kappa shape index (κ1) is 78.9. The molecule has 1 saturated heterocycles. The molecule has 1 aliphatic heterocycles. The Morgan fingerprint density at radius 2 is 1.22 bits per heavy atom. The fourth-order valence-corrected chi connectivity index (χ4v) is 9.37. The summed E-state index contributed by atoms with van der Waals surface area (Å²) in [5, 5.41) is 18.3. The number of nitrogens with zero attached hydrogens (tertiary/aromatic N) is 2. The number of amides is 8. The number of rotatable bonds is 43. The monoisotopic (exact) mass is 1240 g/mol. The topological polar surface area (TPSA) is 334 Å². The highest BCUT2D eigenvalue weighted by Gasteiger charge is 2.38. The molecule has 7 N–H and O–H groups in total. The first-order chi connectivity index (χ1) is 40.7. The van der Waals surface area contributed by atoms with Crippen LogP contribution in [0.1, 0.15) is 181 Å². The van der Waals surface area contributed by atoms with Crippen LogP contribution >= 0.6 is 0 Å². The van der Waals surface area contributed by atoms with Crippen molar-refractivity contribution in [3.05, 3.63) is 0 Å². The third-order valence-corrected chi connectivity index (χ3v) is 15.4. The molecule has 0 saturated carbocycles. The van der Waals surface area contributed by atoms with Crippen LogP contribution in [-0.4, -0.2) is 190 Å². The molecule has 0 aliphatic carbocycles. The van der Waals surface area contributed by atoms with Crippen molar-refractivity contribution in [3.8, 4) is 0 Å². The summed E-state index contributed by atoms with van der Waals surface area (Å²) in [6, 6.07) is -5.74. The molecule has 8 amide bonds. The van der Waals surface area contributed by atoms with Gasteiger partial charge in [0.15, 0.2) is 5.78 Å². The fourth-order valence-electron chi connectivity index (χ4n) is 9.37. The van der Waals surface area contributed by atoms with Crippen molar-refractivity contribution < 1.29 is 76.4 Å². The molecule has 6 unspecified atom stereocenters. The highest BCUT2D eigenvalue weighted by Crippen LogP contribution is 2.31. The molecule has 0 aromatic rings. The third-order valence-electron chi connectivity index (χ3n) is 15.4. The lowest BCUT2D eigenvalue weighted by molar-refractivity contribution is -0.159. The summed E-state index contributed by atoms with van der Waals surface area (Å²) in [5.41, 5.74) is -0.980. The molecule has 1 rings (SSSR count). The zero-order valence-corrected chi connectivity index (χ0v) is 55.5. The fraction of sp³-hybridized carbons (Fsp3) is 0.806. The number of nitrogens with one attached hydrogen (secondary N) is 7. The number of likely N-dealkylation sites (tertiary alicyclic amines) is 1. The van der Waals surface area contributed by atoms with E-state index >= 15 is 0 Å². The van der Waals surface area contributed by atoms with Crippen LogP contribution in [0, 0.1) is 29.1 Å². The van der Waals surface area contributed by atoms with E-state index in [0.717, 1.165) is 0 Å². The number of carbonyl (C=O) groups excluding carboxylic acids is 11. The van der Waals surface area contributed by atoms with E-state index in [2.05, 4.69) is 37.2 Å². The second-order valence-corrected chi connectivity index (χ2v) is 24.8. The minimum absolute atomic E-state index is 0.0432. The Balaban J connectivity index is 2.88. The van der Waals surface area contributed by atoms with Crippen molar-refractivity contribution in [1.29, 1.82) is 0 Å². The Morgan fingerprint density at radius 1 is 0.644 bits per heavy atom. The van der Waals surface area contributed by atoms with Crippen molar-refractivity contribution in [3.63, 3.8) is 0 Å². The normalized spacial score (nSPS) is 15.6. The van der Waals surface area contributed by atoms with Crippen LogP contribution in [-0.2, 0) is 76.4 Å². The van der Waals surface area contributed by atoms with Crippen molar-refractivity contribution in [1.82, 2.24) is 42.1 Å². The molecule has 498 valence electrons. The average Bonchev–Trinajstić information content (AvgIpc) is 3.92. The predicted octanol–water partition coefficient (Wildman–Crippen LogP) is 3.80. The van der Waals surface area contributed by atoms with E-state index in [1.165, 1.54) is 13.8 Å². The summed E-state index contributed by atoms with van der Waals surface area (Å²) in [5.74, 6) is -8.06. The number of aliphatic imine (C=N–C) groups is 1. The van der Waals surface area contributed by atoms with Gasteiger partial charge in [-0.05, 0) is 118 Å². The van der Waals surface area contributed by atoms with Gasteiger partial charge in [0.2, 0.25) is 53.3 Å². The van der Waals surface area contributed by atoms with Crippen LogP contribution in [0.15, 0.2) is 4.99 Å². The van der Waals surface area contributed by atoms with Gasteiger partial charge in [-0.2, -0.15) is 0 Å². The number of carbonyl (C=O) groups is 11. The van der Waals surface area contributed by atoms with Gasteiger partial charge in [0.25, 0.3) is 0 Å². The van der Waals surface area contributed by atoms with Crippen molar-refractivity contribution >= 4 is 70.7 Å². The summed E-state index contributed by atoms with van der Waals surface area (Å²) in [6.45, 7) is 29.6. The minimum Gasteiger partial charge on any atom is -0.464 e. The molecule has 0 radical (unpaired) electrons. The molecule has 0 aromatic carbocycles. The summed E-state index contributed by atoms with van der Waals surface area (Å²) in [6.07, 6.45) is 4.62. The van der Waals surface area contributed by atoms with Gasteiger partial charge in [0, 0.05) is 50.7 Å². The highest BCUT2D eigenvalue weighted by molar-refractivity contribution is 6.03. The number of esters is 2. The van der Waals surface area contributed by atoms with Crippen molar-refractivity contribution in [2.24, 2.45) is 34.1 Å². The lowest BCUT2D eigenvalue weighted by Gasteiger charge is -2.31. The van der Waals surface area contributed by atoms with Gasteiger partial charge in [-0.25, -0.2) is 9.59 Å². The SMILES string of the molecule is CCOC(=O)C(NC(=O)CNC(=O)C(NC(=O)C(CC(C)C)NC(=O)CNC(=O)C(NC(=O)C1CCN(C(=O)CCC(C)=NC(CCCCNC(=O)CCOC(C)(C)COC(C)(C)COC)C(=O)C(C)(CC)CC)C1)C(C)C)C(C)CC)C(=O)OCC. The molecule has 1 heterocycles. The standard InChI is InChI=1S/C62H109N9O16/c1-18-41(10)51(57(80)65-35-48(74)68-52(58(81)84-21-4)59(82)85-22-5)70-55(78)45(33-39(6)7)67-47(73)34-64-56(79)50(40(8)9)69-54(77)43-28-31-71(36-43)49(75)27-26-42(11)66-44(53(76)62(16,19-2)20-3)25-23-24-30-63-46(72)29-32-86-61(14,15)38-87-60(12,13)37-83-17/h39-41,43-45,50-52H,18-38H2,1-17H3,(H,63,72)(H,64,79)(H,65,80)(H,67,73)(H,68,74)(H,69,77)(H,70,78). The van der Waals surface area contributed by atoms with E-state index < -0.39 is 125 Å². The Morgan fingerprint density at radius 3 is 1.76 bits per heavy atom. The van der Waals surface area contributed by atoms with Crippen LogP contribution in [0.25, 0.3) is 0 Å². The molecule has 1 fully saturated rings. The molecule has 6 atom stereocenters. The lowest BCUT2D eigenvalue weighted by Crippen LogP contribution is -2.58. The number of ketones is 1. The predicted molar refractivity (Wildman–Crippen MR) is 329 cm³/mol. The number of ether oxygens (including phenoxy) is 5. The quantitative estimate of drug-likeness (QED) is 0.0198. The van der Waals surface area contributed by atoms with Crippen LogP contribution in [0.4, 0.5) is 0 Å². The second kappa shape index (κ2) is 39.7. The Hall–Kier alpha value is -6.08. The van der Waals surface area contributed by atoms with Crippen LogP contribution < -0.4 is 37.2 Å². The van der Waals surface area contributed by atoms with Gasteiger partial charge < -0.3 is 65.8 Å². The second-order valence-electron chi connectivity index (χ2n) is 24.8. The Labute approximate surface area is 517 Å². The number of unbranched alkanes of at least 4 members (excludes halogenated alkanes) is 1. The maximum absolute atomic E-state index is 14.0. The van der Waals surface area contributed by atoms with E-state index in [0.29, 0.717) is 83.4 Å². The van der Waals surface area contributed by atoms with Gasteiger partial charge >= 0.3 is 11.9 Å². The van der Waals surface area contributed by atoms with E-state index in [-0.39, 0.29) is 69.1 Å². The summed E-state index contributed by atoms with van der Waals surface area (Å²) in [4.78, 5) is 152. The first-order valence-corrected chi connectivity index (χ1v) is 31.2. The molecule has 0 aromatic heterocycles. The molecule has 87 heavy (non-hydrogen) atoms. The molecule has 25 nitrogen and oxygen atoms in total. The van der Waals surface area contributed by atoms with Gasteiger partial charge in [0.05, 0.1) is 63.2 Å². The van der Waals surface area contributed by atoms with Gasteiger partial charge in [-0.15, -0.1) is 0 Å². The third kappa shape index (κ3) is 29.7. The Bertz CT molecular complexity index is 2270. The molecular formula is C62H109N9O16. The van der Waals surface area contributed by atoms with E-state index in [1.807, 2.05) is 69.2 Å². The van der Waals surface area contributed by atoms with Crippen molar-refractivity contribution in [2.75, 3.05) is 72.9 Å². The minimum atomic E-state index is -1.76. The maximum atomic E-state index is 14.0. The zero-order valence-electron chi connectivity index (χ0n) is 55.5. The van der Waals surface area contributed by atoms with Gasteiger partial charge in [-0.3, -0.25) is 48.1 Å². The van der Waals surface area contributed by atoms with Crippen molar-refractivity contribution in [2.45, 2.75) is 223 Å². The van der Waals surface area contributed by atoms with Gasteiger partial charge in [-0.1, -0.05) is 68.7 Å². The maximum Gasteiger partial charge on any atom is 0.340 e. The lowest BCUT2D eigenvalue weighted by atomic mass is 9.76. The number of Topliss-reactive ketones (excluding diaryl/α,β-unsaturated/α-hetero) is 1. The molecule has 1 aliphatic rings. The summed E-state index contributed by atoms with van der Waals surface area (Å²) in [7, 11) is 1.62. The zero-order chi connectivity index (χ0) is 66.2. The van der Waals surface area contributed by atoms with E-state index in [4.69, 9.17) is 28.7 Å². The van der Waals surface area contributed by atoms with Crippen LogP contribution in [0.5, 0.6) is 0 Å². The molecule has 25 heteroatoms. The molecular weight excluding hydrogens is 1130 g/mol. The van der Waals surface area contributed by atoms with E-state index in [9.17, 15) is 52.7 Å². The number of hydrogen-bond donors (Lipinski definition) is 7. The summed E-state index contributed by atoms with van der Waals surface area (Å²) < 4.78 is 26.9. The van der Waals surface area contributed by atoms with Gasteiger partial charge in [0.1, 0.15) is 24.2 Å². The first-order valence-electron chi connectivity index (χ1n) is 31.2. The highest BCUT2D eigenvalue weighted by atomic mass is 16.6. The number of hydrogen-bond acceptors (Lipinski definition) is 17. The van der Waals surface area contributed by atoms with Crippen LogP contribution in [0.3, 0.4) is 0 Å². The Kier molecular flexibility index (Phi) is 36.1. The number of methoxy groups -OCH3 is 1.